The Morgan fingerprint density at radius 3 is 2.60 bits per heavy atom. The molecule has 6 heteroatoms. The Morgan fingerprint density at radius 2 is 1.96 bits per heavy atom. The second-order valence-electron chi connectivity index (χ2n) is 7.21. The van der Waals surface area contributed by atoms with E-state index in [2.05, 4.69) is 21.8 Å². The van der Waals surface area contributed by atoms with Crippen LogP contribution < -0.4 is 0 Å². The molecule has 1 amide bonds. The Kier molecular flexibility index (Phi) is 6.37. The highest BCUT2D eigenvalue weighted by molar-refractivity contribution is 5.76. The van der Waals surface area contributed by atoms with Gasteiger partial charge in [-0.3, -0.25) is 9.69 Å². The third-order valence-corrected chi connectivity index (χ3v) is 5.43. The quantitative estimate of drug-likeness (QED) is 0.787. The van der Waals surface area contributed by atoms with Gasteiger partial charge in [0.2, 0.25) is 5.91 Å². The van der Waals surface area contributed by atoms with Gasteiger partial charge in [-0.15, -0.1) is 0 Å². The second-order valence-corrected chi connectivity index (χ2v) is 7.21. The lowest BCUT2D eigenvalue weighted by atomic mass is 9.90. The van der Waals surface area contributed by atoms with Crippen LogP contribution in [0.25, 0.3) is 0 Å². The minimum absolute atomic E-state index is 0.182. The average molecular weight is 346 g/mol. The molecule has 1 aromatic heterocycles. The lowest BCUT2D eigenvalue weighted by Crippen LogP contribution is -2.45. The molecule has 0 aliphatic carbocycles. The van der Waals surface area contributed by atoms with E-state index >= 15 is 0 Å². The third-order valence-electron chi connectivity index (χ3n) is 5.43. The molecule has 138 valence electrons. The van der Waals surface area contributed by atoms with Crippen molar-refractivity contribution >= 4 is 5.91 Å². The normalized spacial score (nSPS) is 24.6. The number of hydrogen-bond acceptors (Lipinski definition) is 5. The van der Waals surface area contributed by atoms with E-state index in [0.29, 0.717) is 12.3 Å². The Bertz CT molecular complexity index is 557. The van der Waals surface area contributed by atoms with Crippen LogP contribution in [-0.2, 0) is 22.5 Å². The van der Waals surface area contributed by atoms with Crippen LogP contribution in [0.4, 0.5) is 0 Å². The van der Waals surface area contributed by atoms with Crippen LogP contribution in [0.15, 0.2) is 12.4 Å². The molecule has 0 saturated carbocycles. The zero-order valence-electron chi connectivity index (χ0n) is 15.5. The molecule has 1 aromatic rings. The van der Waals surface area contributed by atoms with Gasteiger partial charge in [0, 0.05) is 76.6 Å². The molecule has 0 radical (unpaired) electrons. The van der Waals surface area contributed by atoms with Crippen LogP contribution >= 0.6 is 0 Å². The lowest BCUT2D eigenvalue weighted by molar-refractivity contribution is -0.133. The van der Waals surface area contributed by atoms with Crippen molar-refractivity contribution in [2.75, 3.05) is 33.3 Å². The molecule has 0 N–H and O–H groups in total. The highest BCUT2D eigenvalue weighted by Crippen LogP contribution is 2.25. The lowest BCUT2D eigenvalue weighted by Gasteiger charge is -2.38. The minimum atomic E-state index is 0.182. The van der Waals surface area contributed by atoms with E-state index < -0.39 is 0 Å². The van der Waals surface area contributed by atoms with Crippen LogP contribution in [0, 0.1) is 5.92 Å². The summed E-state index contributed by atoms with van der Waals surface area (Å²) in [4.78, 5) is 25.7. The summed E-state index contributed by atoms with van der Waals surface area (Å²) in [6.07, 6.45) is 8.76. The Balaban J connectivity index is 1.57. The molecule has 2 aliphatic rings. The van der Waals surface area contributed by atoms with Gasteiger partial charge >= 0.3 is 0 Å². The van der Waals surface area contributed by atoms with E-state index in [1.165, 1.54) is 0 Å². The standard InChI is InChI=1S/C19H30N4O2/c1-3-18-20-11-15(12-21-18)13-22-9-6-17(25-2)16(14-22)10-19(24)23-7-4-5-8-23/h11-12,16-17H,3-10,13-14H2,1-2H3/t16-,17-/m1/s1. The summed E-state index contributed by atoms with van der Waals surface area (Å²) in [6.45, 7) is 6.64. The van der Waals surface area contributed by atoms with Gasteiger partial charge in [-0.2, -0.15) is 0 Å². The number of aromatic nitrogens is 2. The smallest absolute Gasteiger partial charge is 0.222 e. The van der Waals surface area contributed by atoms with Gasteiger partial charge in [0.1, 0.15) is 5.82 Å². The van der Waals surface area contributed by atoms with Gasteiger partial charge in [0.05, 0.1) is 6.10 Å². The first-order valence-corrected chi connectivity index (χ1v) is 9.52. The van der Waals surface area contributed by atoms with Crippen molar-refractivity contribution < 1.29 is 9.53 Å². The predicted molar refractivity (Wildman–Crippen MR) is 96.0 cm³/mol. The summed E-state index contributed by atoms with van der Waals surface area (Å²) in [7, 11) is 1.77. The first kappa shape index (κ1) is 18.3. The second kappa shape index (κ2) is 8.72. The van der Waals surface area contributed by atoms with Gasteiger partial charge in [-0.05, 0) is 19.3 Å². The van der Waals surface area contributed by atoms with Crippen LogP contribution in [0.1, 0.15) is 44.0 Å². The van der Waals surface area contributed by atoms with Crippen molar-refractivity contribution in [3.8, 4) is 0 Å². The molecule has 25 heavy (non-hydrogen) atoms. The molecule has 0 bridgehead atoms. The molecule has 2 aliphatic heterocycles. The SMILES string of the molecule is CCc1ncc(CN2CC[C@@H](OC)[C@H](CC(=O)N3CCCC3)C2)cn1. The number of aryl methyl sites for hydroxylation is 1. The van der Waals surface area contributed by atoms with Crippen molar-refractivity contribution in [2.24, 2.45) is 5.92 Å². The largest absolute Gasteiger partial charge is 0.381 e. The highest BCUT2D eigenvalue weighted by atomic mass is 16.5. The minimum Gasteiger partial charge on any atom is -0.381 e. The monoisotopic (exact) mass is 346 g/mol. The van der Waals surface area contributed by atoms with Crippen molar-refractivity contribution in [3.05, 3.63) is 23.8 Å². The van der Waals surface area contributed by atoms with Crippen LogP contribution in [-0.4, -0.2) is 65.1 Å². The van der Waals surface area contributed by atoms with Crippen molar-refractivity contribution in [1.82, 2.24) is 19.8 Å². The average Bonchev–Trinajstić information content (AvgIpc) is 3.17. The number of carbonyl (C=O) groups excluding carboxylic acids is 1. The van der Waals surface area contributed by atoms with Crippen LogP contribution in [0.5, 0.6) is 0 Å². The van der Waals surface area contributed by atoms with E-state index in [-0.39, 0.29) is 12.0 Å². The molecule has 2 fully saturated rings. The predicted octanol–water partition coefficient (Wildman–Crippen LogP) is 1.89. The molecule has 2 saturated heterocycles. The number of likely N-dealkylation sites (tertiary alicyclic amines) is 2. The molecular formula is C19H30N4O2. The van der Waals surface area contributed by atoms with E-state index in [1.54, 1.807) is 7.11 Å². The first-order valence-electron chi connectivity index (χ1n) is 9.52. The van der Waals surface area contributed by atoms with Crippen molar-refractivity contribution in [2.45, 2.75) is 51.7 Å². The van der Waals surface area contributed by atoms with E-state index in [4.69, 9.17) is 4.74 Å². The number of carbonyl (C=O) groups is 1. The summed E-state index contributed by atoms with van der Waals surface area (Å²) < 4.78 is 5.67. The van der Waals surface area contributed by atoms with Crippen LogP contribution in [0.3, 0.4) is 0 Å². The Hall–Kier alpha value is -1.53. The van der Waals surface area contributed by atoms with Crippen LogP contribution in [0.2, 0.25) is 0 Å². The summed E-state index contributed by atoms with van der Waals surface area (Å²) in [5, 5.41) is 0. The van der Waals surface area contributed by atoms with Gasteiger partial charge in [0.25, 0.3) is 0 Å². The fourth-order valence-electron chi connectivity index (χ4n) is 3.96. The summed E-state index contributed by atoms with van der Waals surface area (Å²) in [5.74, 6) is 1.45. The topological polar surface area (TPSA) is 58.6 Å². The Labute approximate surface area is 150 Å². The zero-order chi connectivity index (χ0) is 17.6. The maximum absolute atomic E-state index is 12.5. The molecule has 3 rings (SSSR count). The summed E-state index contributed by atoms with van der Waals surface area (Å²) >= 11 is 0. The number of nitrogens with zero attached hydrogens (tertiary/aromatic N) is 4. The Morgan fingerprint density at radius 1 is 1.24 bits per heavy atom. The van der Waals surface area contributed by atoms with E-state index in [1.807, 2.05) is 17.3 Å². The summed E-state index contributed by atoms with van der Waals surface area (Å²) in [5.41, 5.74) is 1.14. The highest BCUT2D eigenvalue weighted by Gasteiger charge is 2.32. The van der Waals surface area contributed by atoms with E-state index in [9.17, 15) is 4.79 Å². The number of hydrogen-bond donors (Lipinski definition) is 0. The van der Waals surface area contributed by atoms with Gasteiger partial charge in [-0.25, -0.2) is 9.97 Å². The number of methoxy groups -OCH3 is 1. The van der Waals surface area contributed by atoms with Crippen molar-refractivity contribution in [1.29, 1.82) is 0 Å². The maximum atomic E-state index is 12.5. The first-order chi connectivity index (χ1) is 12.2. The number of ether oxygens (including phenoxy) is 1. The summed E-state index contributed by atoms with van der Waals surface area (Å²) in [6, 6.07) is 0. The molecule has 0 unspecified atom stereocenters. The fourth-order valence-corrected chi connectivity index (χ4v) is 3.96. The molecule has 6 nitrogen and oxygen atoms in total. The molecule has 2 atom stereocenters. The zero-order valence-corrected chi connectivity index (χ0v) is 15.5. The molecular weight excluding hydrogens is 316 g/mol. The fraction of sp³-hybridized carbons (Fsp3) is 0.737. The van der Waals surface area contributed by atoms with Gasteiger partial charge in [0.15, 0.2) is 0 Å². The number of rotatable bonds is 6. The number of amides is 1. The molecule has 3 heterocycles. The number of piperidine rings is 1. The van der Waals surface area contributed by atoms with Crippen molar-refractivity contribution in [3.63, 3.8) is 0 Å². The maximum Gasteiger partial charge on any atom is 0.222 e. The van der Waals surface area contributed by atoms with Gasteiger partial charge in [-0.1, -0.05) is 6.92 Å². The molecule has 0 spiro atoms. The van der Waals surface area contributed by atoms with Gasteiger partial charge < -0.3 is 9.64 Å². The third kappa shape index (κ3) is 4.76. The van der Waals surface area contributed by atoms with E-state index in [0.717, 1.165) is 69.8 Å². The molecule has 0 aromatic carbocycles.